The number of benzene rings is 3. The number of nitrogens with zero attached hydrogens (tertiary/aromatic N) is 10. The number of rotatable bonds is 10. The van der Waals surface area contributed by atoms with Gasteiger partial charge in [0, 0.05) is 25.2 Å². The summed E-state index contributed by atoms with van der Waals surface area (Å²) >= 11 is 0. The lowest BCUT2D eigenvalue weighted by Crippen LogP contribution is -2.39. The number of hydrogen-bond donors (Lipinski definition) is 1. The lowest BCUT2D eigenvalue weighted by atomic mass is 9.90. The summed E-state index contributed by atoms with van der Waals surface area (Å²) in [6, 6.07) is 21.5. The van der Waals surface area contributed by atoms with Crippen LogP contribution in [0.25, 0.3) is 11.4 Å². The van der Waals surface area contributed by atoms with Crippen LogP contribution in [0, 0.1) is 16.0 Å². The first kappa shape index (κ1) is 31.6. The molecule has 3 heterocycles. The van der Waals surface area contributed by atoms with Gasteiger partial charge in [-0.3, -0.25) is 19.7 Å². The number of aromatic nitrogens is 8. The van der Waals surface area contributed by atoms with Crippen molar-refractivity contribution >= 4 is 17.6 Å². The highest BCUT2D eigenvalue weighted by molar-refractivity contribution is 5.79. The Hall–Kier alpha value is -5.86. The Balaban J connectivity index is 0.000000232. The van der Waals surface area contributed by atoms with Gasteiger partial charge in [-0.05, 0) is 93.4 Å². The molecule has 0 spiro atoms. The van der Waals surface area contributed by atoms with Gasteiger partial charge >= 0.3 is 5.97 Å². The van der Waals surface area contributed by atoms with Gasteiger partial charge in [-0.15, -0.1) is 10.2 Å². The number of nitro groups is 1. The highest BCUT2D eigenvalue weighted by atomic mass is 16.6. The fourth-order valence-corrected chi connectivity index (χ4v) is 5.18. The van der Waals surface area contributed by atoms with E-state index < -0.39 is 5.97 Å². The quantitative estimate of drug-likeness (QED) is 0.177. The highest BCUT2D eigenvalue weighted by Crippen LogP contribution is 2.24. The number of hydrogen-bond acceptors (Lipinski definition) is 10. The maximum atomic E-state index is 12.7. The largest absolute Gasteiger partial charge is 0.481 e. The van der Waals surface area contributed by atoms with E-state index in [0.717, 1.165) is 66.8 Å². The smallest absolute Gasteiger partial charge is 0.307 e. The van der Waals surface area contributed by atoms with Crippen molar-refractivity contribution in [1.29, 1.82) is 0 Å². The molecule has 236 valence electrons. The van der Waals surface area contributed by atoms with E-state index in [1.54, 1.807) is 41.1 Å². The summed E-state index contributed by atoms with van der Waals surface area (Å²) < 4.78 is 3.08. The van der Waals surface area contributed by atoms with Crippen LogP contribution in [0.2, 0.25) is 0 Å². The first-order valence-corrected chi connectivity index (χ1v) is 14.7. The molecule has 1 aliphatic rings. The molecule has 0 saturated carbocycles. The van der Waals surface area contributed by atoms with Crippen LogP contribution in [0.5, 0.6) is 0 Å². The van der Waals surface area contributed by atoms with Crippen molar-refractivity contribution < 1.29 is 19.6 Å². The van der Waals surface area contributed by atoms with Crippen LogP contribution in [0.1, 0.15) is 36.0 Å². The van der Waals surface area contributed by atoms with Crippen molar-refractivity contribution in [1.82, 2.24) is 45.3 Å². The van der Waals surface area contributed by atoms with Gasteiger partial charge in [0.2, 0.25) is 5.91 Å². The molecular weight excluding hydrogens is 592 g/mol. The second kappa shape index (κ2) is 15.2. The Morgan fingerprint density at radius 1 is 0.761 bits per heavy atom. The lowest BCUT2D eigenvalue weighted by molar-refractivity contribution is -0.384. The zero-order valence-corrected chi connectivity index (χ0v) is 24.9. The Kier molecular flexibility index (Phi) is 10.5. The molecule has 1 N–H and O–H groups in total. The predicted molar refractivity (Wildman–Crippen MR) is 164 cm³/mol. The monoisotopic (exact) mass is 624 g/mol. The van der Waals surface area contributed by atoms with Gasteiger partial charge in [-0.25, -0.2) is 9.36 Å². The number of carbonyl (C=O) groups is 2. The summed E-state index contributed by atoms with van der Waals surface area (Å²) in [4.78, 5) is 35.5. The van der Waals surface area contributed by atoms with E-state index in [-0.39, 0.29) is 22.9 Å². The first-order chi connectivity index (χ1) is 22.3. The molecule has 1 saturated heterocycles. The van der Waals surface area contributed by atoms with E-state index in [1.165, 1.54) is 17.3 Å². The molecular formula is C31H32N10O5. The van der Waals surface area contributed by atoms with Gasteiger partial charge in [-0.2, -0.15) is 0 Å². The Labute approximate surface area is 263 Å². The maximum absolute atomic E-state index is 12.7. The van der Waals surface area contributed by atoms with E-state index in [1.807, 2.05) is 41.3 Å². The Bertz CT molecular complexity index is 1700. The summed E-state index contributed by atoms with van der Waals surface area (Å²) in [5.41, 5.74) is 4.63. The summed E-state index contributed by atoms with van der Waals surface area (Å²) in [7, 11) is 0. The second-order valence-electron chi connectivity index (χ2n) is 10.9. The van der Waals surface area contributed by atoms with Crippen LogP contribution < -0.4 is 0 Å². The third-order valence-electron chi connectivity index (χ3n) is 7.77. The van der Waals surface area contributed by atoms with Crippen molar-refractivity contribution in [3.05, 3.63) is 112 Å². The molecule has 5 aromatic rings. The number of aryl methyl sites for hydroxylation is 1. The normalized spacial score (nSPS) is 13.1. The maximum Gasteiger partial charge on any atom is 0.307 e. The second-order valence-corrected chi connectivity index (χ2v) is 10.9. The first-order valence-electron chi connectivity index (χ1n) is 14.7. The molecule has 0 aliphatic carbocycles. The van der Waals surface area contributed by atoms with E-state index >= 15 is 0 Å². The molecule has 15 heteroatoms. The molecule has 0 bridgehead atoms. The number of non-ortho nitro benzene ring substituents is 1. The van der Waals surface area contributed by atoms with Gasteiger partial charge in [0.1, 0.15) is 12.7 Å². The van der Waals surface area contributed by atoms with Crippen molar-refractivity contribution in [2.75, 3.05) is 13.1 Å². The van der Waals surface area contributed by atoms with Crippen molar-refractivity contribution in [2.24, 2.45) is 5.92 Å². The Morgan fingerprint density at radius 2 is 1.26 bits per heavy atom. The summed E-state index contributed by atoms with van der Waals surface area (Å²) in [6.07, 6.45) is 7.37. The third kappa shape index (κ3) is 8.84. The van der Waals surface area contributed by atoms with Crippen molar-refractivity contribution in [3.8, 4) is 11.4 Å². The predicted octanol–water partition coefficient (Wildman–Crippen LogP) is 3.27. The van der Waals surface area contributed by atoms with Crippen LogP contribution in [0.4, 0.5) is 5.69 Å². The number of aliphatic carboxylic acids is 1. The lowest BCUT2D eigenvalue weighted by Gasteiger charge is -2.32. The van der Waals surface area contributed by atoms with E-state index in [2.05, 4.69) is 31.1 Å². The third-order valence-corrected chi connectivity index (χ3v) is 7.77. The van der Waals surface area contributed by atoms with Gasteiger partial charge in [0.15, 0.2) is 0 Å². The number of carboxylic acids is 1. The number of likely N-dealkylation sites (tertiary alicyclic amines) is 1. The molecule has 0 radical (unpaired) electrons. The standard InChI is InChI=1S/C22H24N6O3.C9H8N4O2/c29-22(15-19-5-7-20(8-6-19)27-16-23-24-25-27)26-13-11-18(12-14-26)2-1-17-3-9-21(10-4-17)28(30)31;14-9(15)5-7-1-3-8(4-2-7)13-6-10-11-12-13/h3-10,16,18H,1-2,11-15H2;1-4,6H,5H2,(H,14,15). The SMILES string of the molecule is O=C(Cc1ccc(-n2cnnn2)cc1)N1CCC(CCc2ccc([N+](=O)[O-])cc2)CC1.O=C(O)Cc1ccc(-n2cnnn2)cc1. The average Bonchev–Trinajstić information content (AvgIpc) is 3.81. The molecule has 1 fully saturated rings. The molecule has 1 amide bonds. The fraction of sp³-hybridized carbons (Fsp3) is 0.290. The van der Waals surface area contributed by atoms with Gasteiger partial charge < -0.3 is 10.0 Å². The van der Waals surface area contributed by atoms with Crippen LogP contribution in [0.3, 0.4) is 0 Å². The highest BCUT2D eigenvalue weighted by Gasteiger charge is 2.23. The molecule has 0 unspecified atom stereocenters. The number of nitro benzene ring substituents is 1. The number of tetrazole rings is 2. The summed E-state index contributed by atoms with van der Waals surface area (Å²) in [5, 5.41) is 41.2. The number of carbonyl (C=O) groups excluding carboxylic acids is 1. The molecule has 2 aromatic heterocycles. The number of amides is 1. The average molecular weight is 625 g/mol. The zero-order valence-electron chi connectivity index (χ0n) is 24.9. The molecule has 15 nitrogen and oxygen atoms in total. The van der Waals surface area contributed by atoms with E-state index in [0.29, 0.717) is 12.3 Å². The van der Waals surface area contributed by atoms with Gasteiger partial charge in [0.05, 0.1) is 29.1 Å². The van der Waals surface area contributed by atoms with Crippen LogP contribution in [0.15, 0.2) is 85.5 Å². The molecule has 46 heavy (non-hydrogen) atoms. The van der Waals surface area contributed by atoms with Crippen LogP contribution in [-0.4, -0.2) is 80.3 Å². The summed E-state index contributed by atoms with van der Waals surface area (Å²) in [6.45, 7) is 1.57. The minimum absolute atomic E-state index is 0.0237. The minimum Gasteiger partial charge on any atom is -0.481 e. The molecule has 0 atom stereocenters. The zero-order chi connectivity index (χ0) is 32.3. The summed E-state index contributed by atoms with van der Waals surface area (Å²) in [5.74, 6) is -0.107. The number of carboxylic acid groups (broad SMARTS) is 1. The fourth-order valence-electron chi connectivity index (χ4n) is 5.18. The topological polar surface area (TPSA) is 188 Å². The Morgan fingerprint density at radius 3 is 1.72 bits per heavy atom. The van der Waals surface area contributed by atoms with Crippen molar-refractivity contribution in [3.63, 3.8) is 0 Å². The van der Waals surface area contributed by atoms with Gasteiger partial charge in [0.25, 0.3) is 5.69 Å². The van der Waals surface area contributed by atoms with Crippen LogP contribution >= 0.6 is 0 Å². The van der Waals surface area contributed by atoms with E-state index in [4.69, 9.17) is 5.11 Å². The number of piperidine rings is 1. The minimum atomic E-state index is -0.842. The van der Waals surface area contributed by atoms with Crippen LogP contribution in [-0.2, 0) is 28.9 Å². The van der Waals surface area contributed by atoms with Crippen molar-refractivity contribution in [2.45, 2.75) is 38.5 Å². The molecule has 1 aliphatic heterocycles. The molecule has 6 rings (SSSR count). The van der Waals surface area contributed by atoms with Gasteiger partial charge in [-0.1, -0.05) is 36.4 Å². The molecule has 3 aromatic carbocycles. The van der Waals surface area contributed by atoms with E-state index in [9.17, 15) is 19.7 Å².